The molecule has 0 fully saturated rings. The lowest BCUT2D eigenvalue weighted by molar-refractivity contribution is -0.111. The second kappa shape index (κ2) is 7.56. The number of carbonyl (C=O) groups excluding carboxylic acids is 1. The molecule has 2 rings (SSSR count). The van der Waals surface area contributed by atoms with E-state index in [1.807, 2.05) is 6.07 Å². The van der Waals surface area contributed by atoms with E-state index in [4.69, 9.17) is 26.8 Å². The maximum atomic E-state index is 12.0. The Morgan fingerprint density at radius 1 is 1.13 bits per heavy atom. The van der Waals surface area contributed by atoms with Crippen LogP contribution < -0.4 is 20.5 Å². The topological polar surface area (TPSA) is 73.6 Å². The Bertz CT molecular complexity index is 745. The first kappa shape index (κ1) is 16.7. The van der Waals surface area contributed by atoms with E-state index < -0.39 is 0 Å². The second-order valence-corrected chi connectivity index (χ2v) is 5.08. The first-order valence-corrected chi connectivity index (χ1v) is 7.17. The first-order chi connectivity index (χ1) is 11.0. The van der Waals surface area contributed by atoms with Crippen LogP contribution in [0.3, 0.4) is 0 Å². The number of nitrogen functional groups attached to an aromatic ring is 1. The van der Waals surface area contributed by atoms with Gasteiger partial charge in [0.1, 0.15) is 0 Å². The van der Waals surface area contributed by atoms with Crippen molar-refractivity contribution < 1.29 is 14.3 Å². The van der Waals surface area contributed by atoms with E-state index in [0.29, 0.717) is 27.9 Å². The lowest BCUT2D eigenvalue weighted by atomic mass is 10.2. The van der Waals surface area contributed by atoms with Gasteiger partial charge in [-0.15, -0.1) is 0 Å². The van der Waals surface area contributed by atoms with Gasteiger partial charge in [0.15, 0.2) is 11.5 Å². The Morgan fingerprint density at radius 2 is 1.87 bits per heavy atom. The summed E-state index contributed by atoms with van der Waals surface area (Å²) in [4.78, 5) is 12.0. The number of benzene rings is 2. The fourth-order valence-electron chi connectivity index (χ4n) is 1.94. The van der Waals surface area contributed by atoms with Gasteiger partial charge in [-0.05, 0) is 42.0 Å². The summed E-state index contributed by atoms with van der Waals surface area (Å²) in [6.07, 6.45) is 3.08. The van der Waals surface area contributed by atoms with E-state index in [0.717, 1.165) is 5.56 Å². The average molecular weight is 333 g/mol. The third-order valence-corrected chi connectivity index (χ3v) is 3.40. The van der Waals surface area contributed by atoms with Crippen LogP contribution >= 0.6 is 11.6 Å². The lowest BCUT2D eigenvalue weighted by Crippen LogP contribution is -2.08. The molecule has 0 heterocycles. The normalized spacial score (nSPS) is 10.6. The van der Waals surface area contributed by atoms with Gasteiger partial charge in [-0.2, -0.15) is 0 Å². The molecular formula is C17H17ClN2O3. The molecule has 0 saturated carbocycles. The summed E-state index contributed by atoms with van der Waals surface area (Å²) < 4.78 is 10.4. The molecule has 120 valence electrons. The third-order valence-electron chi connectivity index (χ3n) is 3.09. The predicted molar refractivity (Wildman–Crippen MR) is 93.1 cm³/mol. The van der Waals surface area contributed by atoms with Gasteiger partial charge in [-0.3, -0.25) is 4.79 Å². The molecular weight excluding hydrogens is 316 g/mol. The number of halogens is 1. The molecule has 23 heavy (non-hydrogen) atoms. The van der Waals surface area contributed by atoms with Crippen LogP contribution in [-0.2, 0) is 4.79 Å². The highest BCUT2D eigenvalue weighted by molar-refractivity contribution is 6.34. The minimum absolute atomic E-state index is 0.300. The molecule has 0 saturated heterocycles. The maximum Gasteiger partial charge on any atom is 0.248 e. The number of rotatable bonds is 5. The third kappa shape index (κ3) is 4.40. The summed E-state index contributed by atoms with van der Waals surface area (Å²) in [5.41, 5.74) is 7.46. The Kier molecular flexibility index (Phi) is 5.49. The van der Waals surface area contributed by atoms with E-state index in [9.17, 15) is 4.79 Å². The summed E-state index contributed by atoms with van der Waals surface area (Å²) in [6, 6.07) is 10.3. The molecule has 0 unspecified atom stereocenters. The minimum atomic E-state index is -0.300. The number of hydrogen-bond donors (Lipinski definition) is 2. The fraction of sp³-hybridized carbons (Fsp3) is 0.118. The number of nitrogens with two attached hydrogens (primary N) is 1. The van der Waals surface area contributed by atoms with Crippen molar-refractivity contribution in [2.24, 2.45) is 0 Å². The zero-order valence-electron chi connectivity index (χ0n) is 12.8. The highest BCUT2D eigenvalue weighted by Gasteiger charge is 2.05. The molecule has 0 aliphatic rings. The van der Waals surface area contributed by atoms with Gasteiger partial charge < -0.3 is 20.5 Å². The SMILES string of the molecule is COc1ccc(/C=C/C(=O)Nc2ccc(N)cc2Cl)cc1OC. The Labute approximate surface area is 139 Å². The molecule has 1 amide bonds. The highest BCUT2D eigenvalue weighted by atomic mass is 35.5. The van der Waals surface area contributed by atoms with Crippen LogP contribution in [0, 0.1) is 0 Å². The van der Waals surface area contributed by atoms with E-state index in [1.54, 1.807) is 50.6 Å². The predicted octanol–water partition coefficient (Wildman–Crippen LogP) is 3.59. The summed E-state index contributed by atoms with van der Waals surface area (Å²) in [6.45, 7) is 0. The summed E-state index contributed by atoms with van der Waals surface area (Å²) in [5, 5.41) is 3.08. The van der Waals surface area contributed by atoms with Gasteiger partial charge in [-0.25, -0.2) is 0 Å². The smallest absolute Gasteiger partial charge is 0.248 e. The van der Waals surface area contributed by atoms with Crippen LogP contribution in [0.15, 0.2) is 42.5 Å². The first-order valence-electron chi connectivity index (χ1n) is 6.79. The second-order valence-electron chi connectivity index (χ2n) is 4.68. The molecule has 0 atom stereocenters. The number of nitrogens with one attached hydrogen (secondary N) is 1. The van der Waals surface area contributed by atoms with Crippen molar-refractivity contribution in [2.75, 3.05) is 25.3 Å². The van der Waals surface area contributed by atoms with Gasteiger partial charge in [0.25, 0.3) is 0 Å². The van der Waals surface area contributed by atoms with Crippen LogP contribution in [-0.4, -0.2) is 20.1 Å². The summed E-state index contributed by atoms with van der Waals surface area (Å²) in [7, 11) is 3.12. The average Bonchev–Trinajstić information content (AvgIpc) is 2.55. The quantitative estimate of drug-likeness (QED) is 0.648. The van der Waals surface area contributed by atoms with E-state index in [-0.39, 0.29) is 5.91 Å². The maximum absolute atomic E-state index is 12.0. The Morgan fingerprint density at radius 3 is 2.52 bits per heavy atom. The molecule has 3 N–H and O–H groups in total. The summed E-state index contributed by atoms with van der Waals surface area (Å²) >= 11 is 6.01. The number of methoxy groups -OCH3 is 2. The van der Waals surface area contributed by atoms with Crippen LogP contribution in [0.4, 0.5) is 11.4 Å². The van der Waals surface area contributed by atoms with Crippen molar-refractivity contribution in [2.45, 2.75) is 0 Å². The monoisotopic (exact) mass is 332 g/mol. The molecule has 6 heteroatoms. The highest BCUT2D eigenvalue weighted by Crippen LogP contribution is 2.28. The molecule has 2 aromatic rings. The van der Waals surface area contributed by atoms with Crippen molar-refractivity contribution >= 4 is 35.0 Å². The number of carbonyl (C=O) groups is 1. The number of ether oxygens (including phenoxy) is 2. The molecule has 0 aliphatic carbocycles. The molecule has 2 aromatic carbocycles. The number of hydrogen-bond acceptors (Lipinski definition) is 4. The lowest BCUT2D eigenvalue weighted by Gasteiger charge is -2.08. The zero-order valence-corrected chi connectivity index (χ0v) is 13.6. The van der Waals surface area contributed by atoms with Crippen LogP contribution in [0.25, 0.3) is 6.08 Å². The minimum Gasteiger partial charge on any atom is -0.493 e. The van der Waals surface area contributed by atoms with Crippen molar-refractivity contribution in [3.05, 3.63) is 53.1 Å². The van der Waals surface area contributed by atoms with Crippen molar-refractivity contribution in [1.82, 2.24) is 0 Å². The number of anilines is 2. The van der Waals surface area contributed by atoms with Crippen LogP contribution in [0.5, 0.6) is 11.5 Å². The van der Waals surface area contributed by atoms with E-state index in [2.05, 4.69) is 5.32 Å². The van der Waals surface area contributed by atoms with Crippen molar-refractivity contribution in [1.29, 1.82) is 0 Å². The van der Waals surface area contributed by atoms with Crippen molar-refractivity contribution in [3.8, 4) is 11.5 Å². The van der Waals surface area contributed by atoms with E-state index in [1.165, 1.54) is 6.08 Å². The Hall–Kier alpha value is -2.66. The van der Waals surface area contributed by atoms with Gasteiger partial charge in [0.05, 0.1) is 24.9 Å². The largest absolute Gasteiger partial charge is 0.493 e. The molecule has 0 radical (unpaired) electrons. The van der Waals surface area contributed by atoms with Crippen LogP contribution in [0.2, 0.25) is 5.02 Å². The van der Waals surface area contributed by atoms with Gasteiger partial charge in [-0.1, -0.05) is 17.7 Å². The van der Waals surface area contributed by atoms with Crippen molar-refractivity contribution in [3.63, 3.8) is 0 Å². The molecule has 5 nitrogen and oxygen atoms in total. The zero-order chi connectivity index (χ0) is 16.8. The van der Waals surface area contributed by atoms with Gasteiger partial charge >= 0.3 is 0 Å². The van der Waals surface area contributed by atoms with E-state index >= 15 is 0 Å². The molecule has 0 bridgehead atoms. The molecule has 0 aromatic heterocycles. The Balaban J connectivity index is 2.09. The standard InChI is InChI=1S/C17H17ClN2O3/c1-22-15-7-3-11(9-16(15)23-2)4-8-17(21)20-14-6-5-12(19)10-13(14)18/h3-10H,19H2,1-2H3,(H,20,21)/b8-4+. The molecule has 0 spiro atoms. The van der Waals surface area contributed by atoms with Gasteiger partial charge in [0, 0.05) is 11.8 Å². The fourth-order valence-corrected chi connectivity index (χ4v) is 2.17. The number of amides is 1. The van der Waals surface area contributed by atoms with Gasteiger partial charge in [0.2, 0.25) is 5.91 Å². The summed E-state index contributed by atoms with van der Waals surface area (Å²) in [5.74, 6) is 0.922. The molecule has 0 aliphatic heterocycles. The van der Waals surface area contributed by atoms with Crippen LogP contribution in [0.1, 0.15) is 5.56 Å².